The summed E-state index contributed by atoms with van der Waals surface area (Å²) in [6.45, 7) is 6.59. The molecule has 2 heterocycles. The topological polar surface area (TPSA) is 54.3 Å². The lowest BCUT2D eigenvalue weighted by Crippen LogP contribution is -2.48. The van der Waals surface area contributed by atoms with Crippen molar-refractivity contribution in [3.8, 4) is 0 Å². The SMILES string of the molecule is Cc1cc(C)n(C)c(=O)c1C(=O)N1CCNCC1. The zero-order chi connectivity index (χ0) is 13.3. The molecule has 1 fully saturated rings. The Kier molecular flexibility index (Phi) is 3.52. The van der Waals surface area contributed by atoms with Gasteiger partial charge in [-0.1, -0.05) is 0 Å². The van der Waals surface area contributed by atoms with Crippen LogP contribution in [0.3, 0.4) is 0 Å². The molecule has 0 aromatic carbocycles. The molecule has 98 valence electrons. The molecule has 1 N–H and O–H groups in total. The van der Waals surface area contributed by atoms with Gasteiger partial charge in [-0.3, -0.25) is 9.59 Å². The number of aryl methyl sites for hydroxylation is 2. The van der Waals surface area contributed by atoms with E-state index in [0.29, 0.717) is 18.7 Å². The highest BCUT2D eigenvalue weighted by Crippen LogP contribution is 2.09. The van der Waals surface area contributed by atoms with E-state index in [1.807, 2.05) is 19.9 Å². The molecule has 1 aromatic heterocycles. The Morgan fingerprint density at radius 2 is 1.89 bits per heavy atom. The molecule has 0 unspecified atom stereocenters. The summed E-state index contributed by atoms with van der Waals surface area (Å²) in [5.41, 5.74) is 1.74. The number of carbonyl (C=O) groups is 1. The van der Waals surface area contributed by atoms with Gasteiger partial charge in [0, 0.05) is 38.9 Å². The molecular formula is C13H19N3O2. The van der Waals surface area contributed by atoms with E-state index in [9.17, 15) is 9.59 Å². The van der Waals surface area contributed by atoms with Crippen molar-refractivity contribution in [3.63, 3.8) is 0 Å². The molecule has 0 bridgehead atoms. The standard InChI is InChI=1S/C13H19N3O2/c1-9-8-10(2)15(3)12(17)11(9)13(18)16-6-4-14-5-7-16/h8,14H,4-7H2,1-3H3. The number of piperazine rings is 1. The number of pyridine rings is 1. The van der Waals surface area contributed by atoms with Gasteiger partial charge >= 0.3 is 0 Å². The van der Waals surface area contributed by atoms with Gasteiger partial charge in [0.25, 0.3) is 11.5 Å². The van der Waals surface area contributed by atoms with E-state index < -0.39 is 0 Å². The first-order valence-corrected chi connectivity index (χ1v) is 6.19. The number of amides is 1. The van der Waals surface area contributed by atoms with Crippen LogP contribution < -0.4 is 10.9 Å². The maximum Gasteiger partial charge on any atom is 0.263 e. The fourth-order valence-electron chi connectivity index (χ4n) is 2.27. The van der Waals surface area contributed by atoms with Crippen LogP contribution in [0.25, 0.3) is 0 Å². The van der Waals surface area contributed by atoms with Crippen LogP contribution in [0.15, 0.2) is 10.9 Å². The minimum atomic E-state index is -0.198. The maximum atomic E-state index is 12.4. The Morgan fingerprint density at radius 1 is 1.28 bits per heavy atom. The highest BCUT2D eigenvalue weighted by molar-refractivity contribution is 5.95. The molecule has 1 saturated heterocycles. The van der Waals surface area contributed by atoms with Crippen LogP contribution >= 0.6 is 0 Å². The Morgan fingerprint density at radius 3 is 2.50 bits per heavy atom. The molecule has 0 radical (unpaired) electrons. The van der Waals surface area contributed by atoms with E-state index in [1.54, 1.807) is 11.9 Å². The minimum Gasteiger partial charge on any atom is -0.336 e. The quantitative estimate of drug-likeness (QED) is 0.765. The first-order chi connectivity index (χ1) is 8.52. The van der Waals surface area contributed by atoms with Crippen LogP contribution in [-0.2, 0) is 7.05 Å². The second kappa shape index (κ2) is 4.94. The number of nitrogens with zero attached hydrogens (tertiary/aromatic N) is 2. The lowest BCUT2D eigenvalue weighted by Gasteiger charge is -2.27. The van der Waals surface area contributed by atoms with Gasteiger partial charge in [-0.15, -0.1) is 0 Å². The third-order valence-electron chi connectivity index (χ3n) is 3.49. The zero-order valence-electron chi connectivity index (χ0n) is 11.1. The molecule has 0 atom stereocenters. The fourth-order valence-corrected chi connectivity index (χ4v) is 2.27. The number of hydrogen-bond acceptors (Lipinski definition) is 3. The van der Waals surface area contributed by atoms with Crippen molar-refractivity contribution in [2.45, 2.75) is 13.8 Å². The summed E-state index contributed by atoms with van der Waals surface area (Å²) in [6.07, 6.45) is 0. The zero-order valence-corrected chi connectivity index (χ0v) is 11.1. The molecule has 0 saturated carbocycles. The van der Waals surface area contributed by atoms with Crippen molar-refractivity contribution < 1.29 is 4.79 Å². The van der Waals surface area contributed by atoms with Crippen molar-refractivity contribution in [3.05, 3.63) is 33.2 Å². The summed E-state index contributed by atoms with van der Waals surface area (Å²) < 4.78 is 1.53. The van der Waals surface area contributed by atoms with Gasteiger partial charge in [-0.25, -0.2) is 0 Å². The fraction of sp³-hybridized carbons (Fsp3) is 0.538. The highest BCUT2D eigenvalue weighted by atomic mass is 16.2. The van der Waals surface area contributed by atoms with E-state index in [0.717, 1.165) is 24.3 Å². The van der Waals surface area contributed by atoms with Crippen molar-refractivity contribution in [1.29, 1.82) is 0 Å². The van der Waals surface area contributed by atoms with E-state index >= 15 is 0 Å². The second-order valence-corrected chi connectivity index (χ2v) is 4.75. The molecule has 5 heteroatoms. The molecule has 1 aliphatic heterocycles. The first-order valence-electron chi connectivity index (χ1n) is 6.19. The van der Waals surface area contributed by atoms with Crippen LogP contribution in [-0.4, -0.2) is 41.6 Å². The average molecular weight is 249 g/mol. The van der Waals surface area contributed by atoms with E-state index in [4.69, 9.17) is 0 Å². The molecule has 0 aliphatic carbocycles. The number of hydrogen-bond donors (Lipinski definition) is 1. The van der Waals surface area contributed by atoms with Crippen LogP contribution in [0.5, 0.6) is 0 Å². The van der Waals surface area contributed by atoms with E-state index in [-0.39, 0.29) is 11.5 Å². The lowest BCUT2D eigenvalue weighted by atomic mass is 10.1. The highest BCUT2D eigenvalue weighted by Gasteiger charge is 2.23. The Labute approximate surface area is 106 Å². The Hall–Kier alpha value is -1.62. The Balaban J connectivity index is 2.41. The Bertz CT molecular complexity index is 528. The van der Waals surface area contributed by atoms with Crippen molar-refractivity contribution in [1.82, 2.24) is 14.8 Å². The molecule has 5 nitrogen and oxygen atoms in total. The van der Waals surface area contributed by atoms with Gasteiger partial charge < -0.3 is 14.8 Å². The molecule has 1 amide bonds. The van der Waals surface area contributed by atoms with Gasteiger partial charge in [0.1, 0.15) is 5.56 Å². The summed E-state index contributed by atoms with van der Waals surface area (Å²) >= 11 is 0. The van der Waals surface area contributed by atoms with Gasteiger partial charge in [0.05, 0.1) is 0 Å². The molecule has 1 aromatic rings. The molecule has 2 rings (SSSR count). The predicted molar refractivity (Wildman–Crippen MR) is 69.9 cm³/mol. The minimum absolute atomic E-state index is 0.144. The van der Waals surface area contributed by atoms with Crippen molar-refractivity contribution >= 4 is 5.91 Å². The first kappa shape index (κ1) is 12.8. The summed E-state index contributed by atoms with van der Waals surface area (Å²) in [4.78, 5) is 26.3. The molecular weight excluding hydrogens is 230 g/mol. The third kappa shape index (κ3) is 2.18. The van der Waals surface area contributed by atoms with Crippen LogP contribution in [0.1, 0.15) is 21.6 Å². The monoisotopic (exact) mass is 249 g/mol. The molecule has 0 spiro atoms. The normalized spacial score (nSPS) is 15.8. The van der Waals surface area contributed by atoms with E-state index in [1.165, 1.54) is 4.57 Å². The van der Waals surface area contributed by atoms with Crippen LogP contribution in [0.4, 0.5) is 0 Å². The maximum absolute atomic E-state index is 12.4. The van der Waals surface area contributed by atoms with Gasteiger partial charge in [-0.2, -0.15) is 0 Å². The summed E-state index contributed by atoms with van der Waals surface area (Å²) in [5, 5.41) is 3.19. The molecule has 18 heavy (non-hydrogen) atoms. The number of rotatable bonds is 1. The summed E-state index contributed by atoms with van der Waals surface area (Å²) in [5.74, 6) is -0.144. The number of nitrogens with one attached hydrogen (secondary N) is 1. The van der Waals surface area contributed by atoms with Crippen molar-refractivity contribution in [2.24, 2.45) is 7.05 Å². The number of carbonyl (C=O) groups excluding carboxylic acids is 1. The third-order valence-corrected chi connectivity index (χ3v) is 3.49. The summed E-state index contributed by atoms with van der Waals surface area (Å²) in [6, 6.07) is 1.89. The number of aromatic nitrogens is 1. The average Bonchev–Trinajstić information content (AvgIpc) is 2.37. The van der Waals surface area contributed by atoms with Gasteiger partial charge in [-0.05, 0) is 25.5 Å². The smallest absolute Gasteiger partial charge is 0.263 e. The largest absolute Gasteiger partial charge is 0.336 e. The summed E-state index contributed by atoms with van der Waals surface area (Å²) in [7, 11) is 1.70. The second-order valence-electron chi connectivity index (χ2n) is 4.75. The van der Waals surface area contributed by atoms with Crippen molar-refractivity contribution in [2.75, 3.05) is 26.2 Å². The van der Waals surface area contributed by atoms with Crippen LogP contribution in [0.2, 0.25) is 0 Å². The van der Waals surface area contributed by atoms with Gasteiger partial charge in [0.2, 0.25) is 0 Å². The van der Waals surface area contributed by atoms with Gasteiger partial charge in [0.15, 0.2) is 0 Å². The van der Waals surface area contributed by atoms with Crippen LogP contribution in [0, 0.1) is 13.8 Å². The molecule has 1 aliphatic rings. The predicted octanol–water partition coefficient (Wildman–Crippen LogP) is 0.0475. The lowest BCUT2D eigenvalue weighted by molar-refractivity contribution is 0.0732. The van der Waals surface area contributed by atoms with E-state index in [2.05, 4.69) is 5.32 Å².